The Labute approximate surface area is 138 Å². The highest BCUT2D eigenvalue weighted by Gasteiger charge is 2.13. The molecule has 2 rings (SSSR count). The summed E-state index contributed by atoms with van der Waals surface area (Å²) in [5.41, 5.74) is -0.220. The molecule has 1 aromatic carbocycles. The summed E-state index contributed by atoms with van der Waals surface area (Å²) in [7, 11) is -3.46. The zero-order chi connectivity index (χ0) is 17.6. The number of sulfone groups is 1. The molecule has 0 spiro atoms. The van der Waals surface area contributed by atoms with E-state index < -0.39 is 21.4 Å². The van der Waals surface area contributed by atoms with Crippen molar-refractivity contribution in [3.63, 3.8) is 0 Å². The van der Waals surface area contributed by atoms with E-state index in [0.717, 1.165) is 6.08 Å². The SMILES string of the molecule is C=CC(=O)OCCS(=O)(=O)CCOc1cc(=O)oc2ccccc12. The Morgan fingerprint density at radius 1 is 1.21 bits per heavy atom. The minimum Gasteiger partial charge on any atom is -0.491 e. The van der Waals surface area contributed by atoms with Crippen LogP contribution < -0.4 is 10.4 Å². The van der Waals surface area contributed by atoms with Gasteiger partial charge in [0.05, 0.1) is 23.0 Å². The Morgan fingerprint density at radius 3 is 2.67 bits per heavy atom. The first kappa shape index (κ1) is 17.7. The van der Waals surface area contributed by atoms with E-state index in [1.165, 1.54) is 6.07 Å². The molecule has 0 unspecified atom stereocenters. The molecule has 0 aliphatic carbocycles. The van der Waals surface area contributed by atoms with Crippen LogP contribution in [0.4, 0.5) is 0 Å². The molecular formula is C16H16O7S. The first-order valence-electron chi connectivity index (χ1n) is 7.06. The maximum atomic E-state index is 11.8. The quantitative estimate of drug-likeness (QED) is 0.401. The Kier molecular flexibility index (Phi) is 5.75. The standard InChI is InChI=1S/C16H16O7S/c1-2-15(17)22-8-10-24(19,20)9-7-21-14-11-16(18)23-13-6-4-3-5-12(13)14/h2-6,11H,1,7-10H2. The van der Waals surface area contributed by atoms with Crippen molar-refractivity contribution in [2.75, 3.05) is 24.7 Å². The lowest BCUT2D eigenvalue weighted by atomic mass is 10.2. The van der Waals surface area contributed by atoms with E-state index in [0.29, 0.717) is 11.0 Å². The zero-order valence-corrected chi connectivity index (χ0v) is 13.6. The molecule has 0 saturated carbocycles. The third-order valence-corrected chi connectivity index (χ3v) is 4.65. The molecule has 0 radical (unpaired) electrons. The summed E-state index contributed by atoms with van der Waals surface area (Å²) in [6.07, 6.45) is 0.960. The molecule has 7 nitrogen and oxygen atoms in total. The highest BCUT2D eigenvalue weighted by molar-refractivity contribution is 7.91. The van der Waals surface area contributed by atoms with Gasteiger partial charge < -0.3 is 13.9 Å². The van der Waals surface area contributed by atoms with E-state index in [4.69, 9.17) is 9.15 Å². The summed E-state index contributed by atoms with van der Waals surface area (Å²) in [6.45, 7) is 2.83. The van der Waals surface area contributed by atoms with E-state index in [1.54, 1.807) is 24.3 Å². The first-order chi connectivity index (χ1) is 11.4. The van der Waals surface area contributed by atoms with Gasteiger partial charge in [0.1, 0.15) is 24.5 Å². The number of hydrogen-bond donors (Lipinski definition) is 0. The molecule has 0 N–H and O–H groups in total. The third kappa shape index (κ3) is 4.95. The van der Waals surface area contributed by atoms with Gasteiger partial charge in [-0.1, -0.05) is 18.7 Å². The maximum Gasteiger partial charge on any atom is 0.339 e. The molecule has 0 aliphatic heterocycles. The monoisotopic (exact) mass is 352 g/mol. The summed E-state index contributed by atoms with van der Waals surface area (Å²) in [5, 5.41) is 0.578. The number of benzene rings is 1. The summed E-state index contributed by atoms with van der Waals surface area (Å²) in [4.78, 5) is 22.3. The fourth-order valence-electron chi connectivity index (χ4n) is 1.91. The second-order valence-electron chi connectivity index (χ2n) is 4.80. The van der Waals surface area contributed by atoms with Gasteiger partial charge in [0.2, 0.25) is 0 Å². The van der Waals surface area contributed by atoms with Crippen molar-refractivity contribution in [3.05, 3.63) is 53.4 Å². The van der Waals surface area contributed by atoms with Crippen molar-refractivity contribution in [2.45, 2.75) is 0 Å². The highest BCUT2D eigenvalue weighted by Crippen LogP contribution is 2.23. The largest absolute Gasteiger partial charge is 0.491 e. The van der Waals surface area contributed by atoms with Gasteiger partial charge in [-0.2, -0.15) is 0 Å². The lowest BCUT2D eigenvalue weighted by Crippen LogP contribution is -2.21. The van der Waals surface area contributed by atoms with Crippen molar-refractivity contribution in [1.29, 1.82) is 0 Å². The zero-order valence-electron chi connectivity index (χ0n) is 12.8. The highest BCUT2D eigenvalue weighted by atomic mass is 32.2. The van der Waals surface area contributed by atoms with Crippen LogP contribution in [-0.4, -0.2) is 39.1 Å². The summed E-state index contributed by atoms with van der Waals surface area (Å²) in [5.74, 6) is -1.00. The van der Waals surface area contributed by atoms with Gasteiger partial charge in [0.25, 0.3) is 0 Å². The van der Waals surface area contributed by atoms with E-state index >= 15 is 0 Å². The van der Waals surface area contributed by atoms with E-state index in [2.05, 4.69) is 11.3 Å². The number of para-hydroxylation sites is 1. The van der Waals surface area contributed by atoms with Crippen molar-refractivity contribution in [2.24, 2.45) is 0 Å². The van der Waals surface area contributed by atoms with Gasteiger partial charge in [-0.15, -0.1) is 0 Å². The number of esters is 1. The minimum absolute atomic E-state index is 0.134. The minimum atomic E-state index is -3.46. The van der Waals surface area contributed by atoms with Crippen LogP contribution in [-0.2, 0) is 19.4 Å². The van der Waals surface area contributed by atoms with Crippen molar-refractivity contribution >= 4 is 26.8 Å². The van der Waals surface area contributed by atoms with E-state index in [-0.39, 0.29) is 30.5 Å². The first-order valence-corrected chi connectivity index (χ1v) is 8.89. The van der Waals surface area contributed by atoms with Crippen LogP contribution >= 0.6 is 0 Å². The smallest absolute Gasteiger partial charge is 0.339 e. The van der Waals surface area contributed by atoms with Gasteiger partial charge in [0.15, 0.2) is 9.84 Å². The summed E-state index contributed by atoms with van der Waals surface area (Å²) < 4.78 is 38.8. The normalized spacial score (nSPS) is 11.2. The van der Waals surface area contributed by atoms with Crippen LogP contribution in [0.5, 0.6) is 5.75 Å². The number of hydrogen-bond acceptors (Lipinski definition) is 7. The Morgan fingerprint density at radius 2 is 1.92 bits per heavy atom. The lowest BCUT2D eigenvalue weighted by Gasteiger charge is -2.09. The number of fused-ring (bicyclic) bond motifs is 1. The Balaban J connectivity index is 1.95. The summed E-state index contributed by atoms with van der Waals surface area (Å²) in [6, 6.07) is 7.95. The predicted octanol–water partition coefficient (Wildman–Crippen LogP) is 1.32. The van der Waals surface area contributed by atoms with Gasteiger partial charge in [-0.25, -0.2) is 18.0 Å². The van der Waals surface area contributed by atoms with Crippen molar-refractivity contribution in [3.8, 4) is 5.75 Å². The van der Waals surface area contributed by atoms with Crippen molar-refractivity contribution in [1.82, 2.24) is 0 Å². The van der Waals surface area contributed by atoms with Crippen LogP contribution in [0.25, 0.3) is 11.0 Å². The average Bonchev–Trinajstić information content (AvgIpc) is 2.54. The van der Waals surface area contributed by atoms with Gasteiger partial charge in [0, 0.05) is 6.08 Å². The molecule has 1 aromatic heterocycles. The summed E-state index contributed by atoms with van der Waals surface area (Å²) >= 11 is 0. The molecule has 2 aromatic rings. The number of rotatable bonds is 8. The molecule has 1 heterocycles. The fourth-order valence-corrected chi connectivity index (χ4v) is 2.79. The van der Waals surface area contributed by atoms with Gasteiger partial charge >= 0.3 is 11.6 Å². The van der Waals surface area contributed by atoms with Crippen LogP contribution in [0.15, 0.2) is 52.2 Å². The molecule has 24 heavy (non-hydrogen) atoms. The Hall–Kier alpha value is -2.61. The molecule has 0 atom stereocenters. The van der Waals surface area contributed by atoms with Crippen LogP contribution in [0, 0.1) is 0 Å². The van der Waals surface area contributed by atoms with Crippen LogP contribution in [0.1, 0.15) is 0 Å². The van der Waals surface area contributed by atoms with Crippen LogP contribution in [0.2, 0.25) is 0 Å². The lowest BCUT2D eigenvalue weighted by molar-refractivity contribution is -0.137. The maximum absolute atomic E-state index is 11.8. The van der Waals surface area contributed by atoms with Crippen molar-refractivity contribution < 1.29 is 27.1 Å². The molecule has 0 bridgehead atoms. The van der Waals surface area contributed by atoms with E-state index in [9.17, 15) is 18.0 Å². The van der Waals surface area contributed by atoms with Gasteiger partial charge in [-0.3, -0.25) is 0 Å². The number of carbonyl (C=O) groups is 1. The fraction of sp³-hybridized carbons (Fsp3) is 0.250. The molecule has 0 fully saturated rings. The second kappa shape index (κ2) is 7.78. The third-order valence-electron chi connectivity index (χ3n) is 3.07. The topological polar surface area (TPSA) is 99.9 Å². The molecule has 8 heteroatoms. The number of ether oxygens (including phenoxy) is 2. The van der Waals surface area contributed by atoms with Gasteiger partial charge in [-0.05, 0) is 12.1 Å². The average molecular weight is 352 g/mol. The van der Waals surface area contributed by atoms with E-state index in [1.807, 2.05) is 0 Å². The predicted molar refractivity (Wildman–Crippen MR) is 87.8 cm³/mol. The van der Waals surface area contributed by atoms with Crippen LogP contribution in [0.3, 0.4) is 0 Å². The molecule has 0 saturated heterocycles. The molecule has 0 aliphatic rings. The second-order valence-corrected chi connectivity index (χ2v) is 7.10. The molecular weight excluding hydrogens is 336 g/mol. The number of carbonyl (C=O) groups excluding carboxylic acids is 1. The molecule has 0 amide bonds. The Bertz CT molecular complexity index is 896. The molecule has 128 valence electrons.